The minimum absolute atomic E-state index is 0.885. The molecule has 0 amide bonds. The summed E-state index contributed by atoms with van der Waals surface area (Å²) < 4.78 is 0. The Bertz CT molecular complexity index is 207. The Morgan fingerprint density at radius 1 is 1.40 bits per heavy atom. The molecule has 0 unspecified atom stereocenters. The fourth-order valence-electron chi connectivity index (χ4n) is 1.37. The van der Waals surface area contributed by atoms with Crippen LogP contribution in [0.3, 0.4) is 0 Å². The average Bonchev–Trinajstić information content (AvgIpc) is 2.28. The quantitative estimate of drug-likeness (QED) is 0.503. The van der Waals surface area contributed by atoms with E-state index >= 15 is 0 Å². The minimum atomic E-state index is 0.885. The highest BCUT2D eigenvalue weighted by atomic mass is 15.1. The first-order valence-corrected chi connectivity index (χ1v) is 5.58. The van der Waals surface area contributed by atoms with E-state index < -0.39 is 0 Å². The molecule has 2 heteroatoms. The van der Waals surface area contributed by atoms with Gasteiger partial charge in [-0.25, -0.2) is 0 Å². The number of aliphatic imine (C=N–C) groups is 1. The summed E-state index contributed by atoms with van der Waals surface area (Å²) >= 11 is 0. The van der Waals surface area contributed by atoms with Gasteiger partial charge < -0.3 is 9.89 Å². The first-order chi connectivity index (χ1) is 7.24. The van der Waals surface area contributed by atoms with Gasteiger partial charge in [0.15, 0.2) is 0 Å². The zero-order valence-corrected chi connectivity index (χ0v) is 10.4. The minimum Gasteiger partial charge on any atom is -0.306 e. The summed E-state index contributed by atoms with van der Waals surface area (Å²) in [5.74, 6) is 0. The molecule has 1 rings (SSSR count). The van der Waals surface area contributed by atoms with Crippen LogP contribution in [-0.2, 0) is 0 Å². The number of likely N-dealkylation sites (tertiary alicyclic amines) is 1. The number of hydrogen-bond donors (Lipinski definition) is 0. The molecule has 1 fully saturated rings. The summed E-state index contributed by atoms with van der Waals surface area (Å²) in [6.07, 6.45) is 9.34. The summed E-state index contributed by atoms with van der Waals surface area (Å²) in [6, 6.07) is 0. The second-order valence-electron chi connectivity index (χ2n) is 3.72. The topological polar surface area (TPSA) is 15.6 Å². The van der Waals surface area contributed by atoms with Crippen LogP contribution in [0.25, 0.3) is 0 Å². The zero-order chi connectivity index (χ0) is 11.5. The lowest BCUT2D eigenvalue weighted by molar-refractivity contribution is 0.312. The van der Waals surface area contributed by atoms with E-state index in [1.165, 1.54) is 25.9 Å². The molecule has 0 saturated carbocycles. The highest BCUT2D eigenvalue weighted by Crippen LogP contribution is 2.13. The maximum atomic E-state index is 3.73. The lowest BCUT2D eigenvalue weighted by atomic mass is 10.1. The van der Waals surface area contributed by atoms with Crippen LogP contribution in [0.1, 0.15) is 26.2 Å². The SMILES string of the molecule is C=CCC=NC.CC=C1CCN(C)CC1. The first-order valence-electron chi connectivity index (χ1n) is 5.58. The van der Waals surface area contributed by atoms with Crippen LogP contribution < -0.4 is 0 Å². The van der Waals surface area contributed by atoms with Gasteiger partial charge in [-0.2, -0.15) is 0 Å². The molecule has 1 aliphatic heterocycles. The Balaban J connectivity index is 0.000000288. The van der Waals surface area contributed by atoms with E-state index in [1.54, 1.807) is 12.6 Å². The molecule has 0 N–H and O–H groups in total. The van der Waals surface area contributed by atoms with Crippen LogP contribution in [0, 0.1) is 0 Å². The van der Waals surface area contributed by atoms with Gasteiger partial charge in [-0.1, -0.05) is 17.7 Å². The van der Waals surface area contributed by atoms with E-state index in [2.05, 4.69) is 36.5 Å². The second-order valence-corrected chi connectivity index (χ2v) is 3.72. The molecule has 1 aliphatic rings. The predicted octanol–water partition coefficient (Wildman–Crippen LogP) is 2.92. The first kappa shape index (κ1) is 14.1. The van der Waals surface area contributed by atoms with Gasteiger partial charge in [-0.15, -0.1) is 6.58 Å². The summed E-state index contributed by atoms with van der Waals surface area (Å²) in [5, 5.41) is 0. The predicted molar refractivity (Wildman–Crippen MR) is 69.7 cm³/mol. The van der Waals surface area contributed by atoms with Gasteiger partial charge in [0.1, 0.15) is 0 Å². The molecule has 0 aromatic carbocycles. The molecular formula is C13H24N2. The van der Waals surface area contributed by atoms with Crippen molar-refractivity contribution in [1.29, 1.82) is 0 Å². The fraction of sp³-hybridized carbons (Fsp3) is 0.615. The maximum Gasteiger partial charge on any atom is 0.0273 e. The third-order valence-electron chi connectivity index (χ3n) is 2.49. The molecular weight excluding hydrogens is 184 g/mol. The van der Waals surface area contributed by atoms with E-state index in [-0.39, 0.29) is 0 Å². The molecule has 0 aromatic heterocycles. The molecule has 0 spiro atoms. The monoisotopic (exact) mass is 208 g/mol. The third-order valence-corrected chi connectivity index (χ3v) is 2.49. The number of hydrogen-bond acceptors (Lipinski definition) is 2. The maximum absolute atomic E-state index is 3.73. The Labute approximate surface area is 94.4 Å². The van der Waals surface area contributed by atoms with Gasteiger partial charge in [0.05, 0.1) is 0 Å². The molecule has 86 valence electrons. The van der Waals surface area contributed by atoms with Gasteiger partial charge in [0.25, 0.3) is 0 Å². The highest BCUT2D eigenvalue weighted by molar-refractivity contribution is 5.58. The van der Waals surface area contributed by atoms with Crippen molar-refractivity contribution in [2.45, 2.75) is 26.2 Å². The van der Waals surface area contributed by atoms with Crippen molar-refractivity contribution in [3.05, 3.63) is 24.3 Å². The van der Waals surface area contributed by atoms with Gasteiger partial charge in [0, 0.05) is 26.4 Å². The lowest BCUT2D eigenvalue weighted by Gasteiger charge is -2.23. The van der Waals surface area contributed by atoms with Crippen LogP contribution in [0.5, 0.6) is 0 Å². The van der Waals surface area contributed by atoms with E-state index in [9.17, 15) is 0 Å². The molecule has 2 nitrogen and oxygen atoms in total. The number of piperidine rings is 1. The average molecular weight is 208 g/mol. The normalized spacial score (nSPS) is 17.1. The lowest BCUT2D eigenvalue weighted by Crippen LogP contribution is -2.26. The summed E-state index contributed by atoms with van der Waals surface area (Å²) in [6.45, 7) is 8.15. The van der Waals surface area contributed by atoms with Crippen molar-refractivity contribution in [3.63, 3.8) is 0 Å². The zero-order valence-electron chi connectivity index (χ0n) is 10.4. The van der Waals surface area contributed by atoms with Crippen molar-refractivity contribution < 1.29 is 0 Å². The van der Waals surface area contributed by atoms with E-state index in [0.29, 0.717) is 0 Å². The van der Waals surface area contributed by atoms with Gasteiger partial charge in [-0.05, 0) is 33.2 Å². The van der Waals surface area contributed by atoms with Crippen LogP contribution in [-0.4, -0.2) is 38.3 Å². The van der Waals surface area contributed by atoms with Crippen molar-refractivity contribution in [1.82, 2.24) is 4.90 Å². The molecule has 0 atom stereocenters. The van der Waals surface area contributed by atoms with E-state index in [4.69, 9.17) is 0 Å². The highest BCUT2D eigenvalue weighted by Gasteiger charge is 2.07. The number of allylic oxidation sites excluding steroid dienone is 2. The molecule has 0 radical (unpaired) electrons. The van der Waals surface area contributed by atoms with E-state index in [0.717, 1.165) is 6.42 Å². The van der Waals surface area contributed by atoms with Gasteiger partial charge in [0.2, 0.25) is 0 Å². The van der Waals surface area contributed by atoms with Crippen molar-refractivity contribution >= 4 is 6.21 Å². The van der Waals surface area contributed by atoms with Crippen LogP contribution >= 0.6 is 0 Å². The Hall–Kier alpha value is -0.890. The smallest absolute Gasteiger partial charge is 0.0273 e. The van der Waals surface area contributed by atoms with Crippen molar-refractivity contribution in [2.24, 2.45) is 4.99 Å². The van der Waals surface area contributed by atoms with Crippen LogP contribution in [0.2, 0.25) is 0 Å². The molecule has 1 saturated heterocycles. The summed E-state index contributed by atoms with van der Waals surface area (Å²) in [7, 11) is 3.94. The van der Waals surface area contributed by atoms with Crippen LogP contribution in [0.15, 0.2) is 29.3 Å². The standard InChI is InChI=1S/C8H15N.C5H9N/c1-3-8-4-6-9(2)7-5-8;1-3-4-5-6-2/h3H,4-7H2,1-2H3;3,5H,1,4H2,2H3. The fourth-order valence-corrected chi connectivity index (χ4v) is 1.37. The molecule has 1 heterocycles. The van der Waals surface area contributed by atoms with Crippen molar-refractivity contribution in [2.75, 3.05) is 27.2 Å². The summed E-state index contributed by atoms with van der Waals surface area (Å²) in [4.78, 5) is 6.11. The second kappa shape index (κ2) is 9.66. The molecule has 0 aliphatic carbocycles. The number of rotatable bonds is 2. The molecule has 15 heavy (non-hydrogen) atoms. The third kappa shape index (κ3) is 8.13. The molecule has 0 aromatic rings. The van der Waals surface area contributed by atoms with Crippen LogP contribution in [0.4, 0.5) is 0 Å². The van der Waals surface area contributed by atoms with Gasteiger partial charge >= 0.3 is 0 Å². The molecule has 0 bridgehead atoms. The van der Waals surface area contributed by atoms with Crippen molar-refractivity contribution in [3.8, 4) is 0 Å². The Kier molecular flexibility index (Phi) is 9.08. The Morgan fingerprint density at radius 2 is 2.00 bits per heavy atom. The summed E-state index contributed by atoms with van der Waals surface area (Å²) in [5.41, 5.74) is 1.63. The Morgan fingerprint density at radius 3 is 2.33 bits per heavy atom. The largest absolute Gasteiger partial charge is 0.306 e. The van der Waals surface area contributed by atoms with Gasteiger partial charge in [-0.3, -0.25) is 0 Å². The number of nitrogens with zero attached hydrogens (tertiary/aromatic N) is 2. The van der Waals surface area contributed by atoms with E-state index in [1.807, 2.05) is 12.3 Å².